The summed E-state index contributed by atoms with van der Waals surface area (Å²) in [6, 6.07) is 16.4. The summed E-state index contributed by atoms with van der Waals surface area (Å²) >= 11 is 3.88. The van der Waals surface area contributed by atoms with E-state index in [9.17, 15) is 23.1 Å². The molecule has 4 atom stereocenters. The third-order valence-corrected chi connectivity index (χ3v) is 10.7. The number of ketones is 1. The van der Waals surface area contributed by atoms with Crippen LogP contribution in [-0.4, -0.2) is 46.4 Å². The predicted octanol–water partition coefficient (Wildman–Crippen LogP) is 4.93. The average Bonchev–Trinajstić information content (AvgIpc) is 2.93. The molecule has 226 valence electrons. The number of nitrogens with two attached hydrogens (primary N) is 2. The van der Waals surface area contributed by atoms with Crippen LogP contribution in [0.25, 0.3) is 0 Å². The number of Topliss-reactive ketones (excluding diaryl/α,β-unsaturated/α-hetero) is 1. The Morgan fingerprint density at radius 1 is 1.10 bits per heavy atom. The number of hydrogen-bond acceptors (Lipinski definition) is 8. The van der Waals surface area contributed by atoms with E-state index in [0.29, 0.717) is 22.0 Å². The molecule has 0 saturated carbocycles. The summed E-state index contributed by atoms with van der Waals surface area (Å²) in [4.78, 5) is 26.6. The normalized spacial score (nSPS) is 21.1. The zero-order valence-electron chi connectivity index (χ0n) is 23.7. The Morgan fingerprint density at radius 3 is 2.21 bits per heavy atom. The zero-order chi connectivity index (χ0) is 31.3. The van der Waals surface area contributed by atoms with Gasteiger partial charge >= 0.3 is 5.97 Å². The molecule has 8 nitrogen and oxygen atoms in total. The van der Waals surface area contributed by atoms with Crippen LogP contribution in [0.2, 0.25) is 0 Å². The predicted molar refractivity (Wildman–Crippen MR) is 181 cm³/mol. The molecule has 0 aromatic heterocycles. The number of carbonyl (C=O) groups is 2. The summed E-state index contributed by atoms with van der Waals surface area (Å²) in [6.07, 6.45) is 5.57. The van der Waals surface area contributed by atoms with Crippen molar-refractivity contribution in [1.29, 1.82) is 0 Å². The number of carbonyl (C=O) groups excluding carboxylic acids is 2. The van der Waals surface area contributed by atoms with Gasteiger partial charge in [-0.1, -0.05) is 77.2 Å². The van der Waals surface area contributed by atoms with Crippen molar-refractivity contribution in [2.45, 2.75) is 66.1 Å². The molecule has 3 rings (SSSR count). The standard InChI is InChI=1S/C31H36I2N2O6S/c1-30(2,3)41-29(37)31(38)25(32)17-21(18-26(31)33)16-24(34)28(36)22(15-14-20-10-6-4-7-11-20)19-27(35)42(39,40)23-12-8-5-9-13-23/h4-13,17-19,22,24-25,38H,14-16,34-35H2,1-3H3/t22-,24-,25?,31?/m0/s1. The molecule has 11 heteroatoms. The number of benzene rings is 2. The van der Waals surface area contributed by atoms with E-state index in [4.69, 9.17) is 16.2 Å². The van der Waals surface area contributed by atoms with Crippen molar-refractivity contribution in [2.24, 2.45) is 17.4 Å². The molecule has 0 saturated heterocycles. The van der Waals surface area contributed by atoms with E-state index in [1.165, 1.54) is 18.2 Å². The highest BCUT2D eigenvalue weighted by Gasteiger charge is 2.49. The first-order valence-corrected chi connectivity index (χ1v) is 17.2. The minimum Gasteiger partial charge on any atom is -0.458 e. The smallest absolute Gasteiger partial charge is 0.345 e. The van der Waals surface area contributed by atoms with Gasteiger partial charge in [0.25, 0.3) is 0 Å². The number of aryl methyl sites for hydroxylation is 1. The fourth-order valence-corrected chi connectivity index (χ4v) is 8.12. The van der Waals surface area contributed by atoms with Gasteiger partial charge in [0.05, 0.1) is 14.9 Å². The number of alkyl halides is 1. The molecule has 5 N–H and O–H groups in total. The van der Waals surface area contributed by atoms with Gasteiger partial charge in [-0.3, -0.25) is 4.79 Å². The molecule has 2 aromatic rings. The van der Waals surface area contributed by atoms with Crippen LogP contribution < -0.4 is 11.5 Å². The molecule has 1 aliphatic carbocycles. The van der Waals surface area contributed by atoms with Crippen molar-refractivity contribution in [3.8, 4) is 0 Å². The van der Waals surface area contributed by atoms with Crippen molar-refractivity contribution in [2.75, 3.05) is 0 Å². The molecular weight excluding hydrogens is 782 g/mol. The zero-order valence-corrected chi connectivity index (χ0v) is 28.8. The number of aliphatic hydroxyl groups is 1. The van der Waals surface area contributed by atoms with Crippen LogP contribution in [0.5, 0.6) is 0 Å². The molecule has 0 fully saturated rings. The van der Waals surface area contributed by atoms with Crippen LogP contribution in [-0.2, 0) is 30.6 Å². The quantitative estimate of drug-likeness (QED) is 0.164. The Labute approximate surface area is 274 Å². The fraction of sp³-hybridized carbons (Fsp3) is 0.355. The van der Waals surface area contributed by atoms with Gasteiger partial charge in [0.1, 0.15) is 10.6 Å². The van der Waals surface area contributed by atoms with Crippen LogP contribution >= 0.6 is 45.2 Å². The lowest BCUT2D eigenvalue weighted by Crippen LogP contribution is -2.51. The summed E-state index contributed by atoms with van der Waals surface area (Å²) in [7, 11) is -4.00. The highest BCUT2D eigenvalue weighted by atomic mass is 127. The van der Waals surface area contributed by atoms with E-state index in [0.717, 1.165) is 5.56 Å². The van der Waals surface area contributed by atoms with Crippen LogP contribution in [0.1, 0.15) is 39.2 Å². The number of allylic oxidation sites excluding steroid dienone is 2. The Hall–Kier alpha value is -2.07. The first-order valence-electron chi connectivity index (χ1n) is 13.3. The third-order valence-electron chi connectivity index (χ3n) is 6.65. The minimum atomic E-state index is -4.00. The van der Waals surface area contributed by atoms with Crippen molar-refractivity contribution in [3.63, 3.8) is 0 Å². The van der Waals surface area contributed by atoms with Gasteiger partial charge in [-0.15, -0.1) is 0 Å². The Kier molecular flexibility index (Phi) is 11.6. The Bertz CT molecular complexity index is 1480. The maximum atomic E-state index is 13.7. The monoisotopic (exact) mass is 818 g/mol. The summed E-state index contributed by atoms with van der Waals surface area (Å²) in [6.45, 7) is 5.17. The molecule has 0 heterocycles. The van der Waals surface area contributed by atoms with Crippen molar-refractivity contribution >= 4 is 66.8 Å². The first kappa shape index (κ1) is 34.4. The topological polar surface area (TPSA) is 150 Å². The summed E-state index contributed by atoms with van der Waals surface area (Å²) in [5.74, 6) is -1.98. The van der Waals surface area contributed by atoms with Crippen molar-refractivity contribution in [3.05, 3.63) is 98.6 Å². The van der Waals surface area contributed by atoms with Crippen molar-refractivity contribution in [1.82, 2.24) is 0 Å². The number of sulfone groups is 1. The van der Waals surface area contributed by atoms with Gasteiger partial charge < -0.3 is 21.3 Å². The summed E-state index contributed by atoms with van der Waals surface area (Å²) in [5, 5.41) is 10.8. The fourth-order valence-electron chi connectivity index (χ4n) is 4.38. The second-order valence-corrected chi connectivity index (χ2v) is 15.6. The van der Waals surface area contributed by atoms with Gasteiger partial charge in [0.15, 0.2) is 5.78 Å². The molecule has 0 spiro atoms. The maximum Gasteiger partial charge on any atom is 0.345 e. The molecule has 0 bridgehead atoms. The number of halogens is 2. The molecule has 2 unspecified atom stereocenters. The first-order chi connectivity index (χ1) is 19.6. The van der Waals surface area contributed by atoms with E-state index in [-0.39, 0.29) is 17.1 Å². The lowest BCUT2D eigenvalue weighted by molar-refractivity contribution is -0.171. The number of esters is 1. The Morgan fingerprint density at radius 2 is 1.67 bits per heavy atom. The second kappa shape index (κ2) is 14.1. The number of ether oxygens (including phenoxy) is 1. The van der Waals surface area contributed by atoms with Gasteiger partial charge in [0.2, 0.25) is 15.4 Å². The number of hydrogen-bond donors (Lipinski definition) is 3. The second-order valence-electron chi connectivity index (χ2n) is 11.1. The molecule has 0 radical (unpaired) electrons. The summed E-state index contributed by atoms with van der Waals surface area (Å²) in [5.41, 5.74) is 11.5. The van der Waals surface area contributed by atoms with E-state index >= 15 is 0 Å². The highest BCUT2D eigenvalue weighted by molar-refractivity contribution is 14.1. The maximum absolute atomic E-state index is 13.7. The third kappa shape index (κ3) is 8.52. The minimum absolute atomic E-state index is 0.0370. The van der Waals surface area contributed by atoms with Crippen LogP contribution in [0.3, 0.4) is 0 Å². The average molecular weight is 819 g/mol. The molecule has 2 aromatic carbocycles. The van der Waals surface area contributed by atoms with E-state index in [1.54, 1.807) is 51.1 Å². The van der Waals surface area contributed by atoms with Gasteiger partial charge in [-0.2, -0.15) is 0 Å². The van der Waals surface area contributed by atoms with E-state index in [1.807, 2.05) is 75.5 Å². The lowest BCUT2D eigenvalue weighted by Gasteiger charge is -2.35. The van der Waals surface area contributed by atoms with E-state index < -0.39 is 47.9 Å². The molecule has 0 amide bonds. The Balaban J connectivity index is 1.85. The van der Waals surface area contributed by atoms with E-state index in [2.05, 4.69) is 0 Å². The highest BCUT2D eigenvalue weighted by Crippen LogP contribution is 2.40. The van der Waals surface area contributed by atoms with Gasteiger partial charge in [-0.25, -0.2) is 13.2 Å². The van der Waals surface area contributed by atoms with Crippen LogP contribution in [0.4, 0.5) is 0 Å². The largest absolute Gasteiger partial charge is 0.458 e. The van der Waals surface area contributed by atoms with Gasteiger partial charge in [-0.05, 0) is 98.0 Å². The van der Waals surface area contributed by atoms with Crippen LogP contribution in [0, 0.1) is 5.92 Å². The SMILES string of the molecule is CC(C)(C)OC(=O)C1(O)C(I)=CC(C[C@H](N)C(=O)[C@H](C=C(N)S(=O)(=O)c2ccccc2)CCc2ccccc2)=CC1I. The molecule has 1 aliphatic rings. The van der Waals surface area contributed by atoms with Crippen LogP contribution in [0.15, 0.2) is 98.0 Å². The summed E-state index contributed by atoms with van der Waals surface area (Å²) < 4.78 is 31.4. The number of rotatable bonds is 11. The molecule has 42 heavy (non-hydrogen) atoms. The lowest BCUT2D eigenvalue weighted by atomic mass is 9.86. The molecule has 0 aliphatic heterocycles. The van der Waals surface area contributed by atoms with Crippen molar-refractivity contribution < 1.29 is 27.9 Å². The molecular formula is C31H36I2N2O6S. The van der Waals surface area contributed by atoms with Gasteiger partial charge in [0, 0.05) is 9.50 Å².